The van der Waals surface area contributed by atoms with Crippen LogP contribution in [0.25, 0.3) is 0 Å². The molecule has 2 N–H and O–H groups in total. The van der Waals surface area contributed by atoms with E-state index in [2.05, 4.69) is 20.6 Å². The first-order valence-electron chi connectivity index (χ1n) is 7.23. The molecule has 0 unspecified atom stereocenters. The summed E-state index contributed by atoms with van der Waals surface area (Å²) < 4.78 is 52.2. The van der Waals surface area contributed by atoms with Gasteiger partial charge in [0.25, 0.3) is 5.91 Å². The Morgan fingerprint density at radius 3 is 2.04 bits per heavy atom. The standard InChI is InChI=1S/C17H10F4N4O/c18-11-3-1-9(5-13(11)20)24-16-7-15(22-8-23-16)17(26)25-10-2-4-12(19)14(21)6-10/h1-8H,(H,25,26)(H,22,23,24). The number of amides is 1. The fraction of sp³-hybridized carbons (Fsp3) is 0. The van der Waals surface area contributed by atoms with Crippen LogP contribution in [0.5, 0.6) is 0 Å². The number of nitrogens with zero attached hydrogens (tertiary/aromatic N) is 2. The average molecular weight is 362 g/mol. The number of hydrogen-bond acceptors (Lipinski definition) is 4. The van der Waals surface area contributed by atoms with E-state index >= 15 is 0 Å². The van der Waals surface area contributed by atoms with Crippen LogP contribution in [-0.2, 0) is 0 Å². The number of carbonyl (C=O) groups is 1. The third-order valence-electron chi connectivity index (χ3n) is 3.27. The molecule has 3 rings (SSSR count). The van der Waals surface area contributed by atoms with E-state index < -0.39 is 29.2 Å². The lowest BCUT2D eigenvalue weighted by atomic mass is 10.2. The second kappa shape index (κ2) is 7.18. The fourth-order valence-electron chi connectivity index (χ4n) is 2.04. The summed E-state index contributed by atoms with van der Waals surface area (Å²) in [6.07, 6.45) is 1.09. The third-order valence-corrected chi connectivity index (χ3v) is 3.27. The maximum absolute atomic E-state index is 13.2. The molecule has 9 heteroatoms. The highest BCUT2D eigenvalue weighted by Gasteiger charge is 2.11. The fourth-order valence-corrected chi connectivity index (χ4v) is 2.04. The topological polar surface area (TPSA) is 66.9 Å². The summed E-state index contributed by atoms with van der Waals surface area (Å²) in [7, 11) is 0. The smallest absolute Gasteiger partial charge is 0.274 e. The van der Waals surface area contributed by atoms with E-state index in [0.29, 0.717) is 0 Å². The van der Waals surface area contributed by atoms with Gasteiger partial charge in [-0.2, -0.15) is 0 Å². The molecule has 2 aromatic carbocycles. The number of nitrogens with one attached hydrogen (secondary N) is 2. The Kier molecular flexibility index (Phi) is 4.78. The number of hydrogen-bond donors (Lipinski definition) is 2. The second-order valence-electron chi connectivity index (χ2n) is 5.13. The van der Waals surface area contributed by atoms with Gasteiger partial charge in [0.1, 0.15) is 17.8 Å². The first-order chi connectivity index (χ1) is 12.4. The molecule has 26 heavy (non-hydrogen) atoms. The van der Waals surface area contributed by atoms with Crippen LogP contribution in [-0.4, -0.2) is 15.9 Å². The zero-order chi connectivity index (χ0) is 18.7. The number of aromatic nitrogens is 2. The minimum absolute atomic E-state index is 0.0441. The summed E-state index contributed by atoms with van der Waals surface area (Å²) in [6, 6.07) is 7.32. The lowest BCUT2D eigenvalue weighted by Gasteiger charge is -2.08. The van der Waals surface area contributed by atoms with Gasteiger partial charge >= 0.3 is 0 Å². The van der Waals surface area contributed by atoms with E-state index in [1.54, 1.807) is 0 Å². The predicted octanol–water partition coefficient (Wildman–Crippen LogP) is 4.03. The number of anilines is 3. The van der Waals surface area contributed by atoms with Crippen molar-refractivity contribution in [2.75, 3.05) is 10.6 Å². The van der Waals surface area contributed by atoms with Crippen LogP contribution in [0.15, 0.2) is 48.8 Å². The Hall–Kier alpha value is -3.49. The number of carbonyl (C=O) groups excluding carboxylic acids is 1. The van der Waals surface area contributed by atoms with Crippen molar-refractivity contribution in [1.82, 2.24) is 9.97 Å². The Balaban J connectivity index is 1.76. The van der Waals surface area contributed by atoms with Gasteiger partial charge in [-0.1, -0.05) is 0 Å². The molecule has 1 aromatic heterocycles. The second-order valence-corrected chi connectivity index (χ2v) is 5.13. The Morgan fingerprint density at radius 2 is 1.38 bits per heavy atom. The molecular formula is C17H10F4N4O. The first kappa shape index (κ1) is 17.3. The molecule has 0 saturated carbocycles. The minimum Gasteiger partial charge on any atom is -0.340 e. The van der Waals surface area contributed by atoms with Crippen LogP contribution in [0.3, 0.4) is 0 Å². The van der Waals surface area contributed by atoms with Gasteiger partial charge in [-0.15, -0.1) is 0 Å². The van der Waals surface area contributed by atoms with Crippen molar-refractivity contribution in [1.29, 1.82) is 0 Å². The quantitative estimate of drug-likeness (QED) is 0.688. The maximum atomic E-state index is 13.2. The molecule has 0 saturated heterocycles. The Labute approximate surface area is 144 Å². The summed E-state index contributed by atoms with van der Waals surface area (Å²) in [4.78, 5) is 19.8. The van der Waals surface area contributed by atoms with Gasteiger partial charge in [0, 0.05) is 29.6 Å². The third kappa shape index (κ3) is 3.94. The number of halogens is 4. The molecule has 0 aliphatic heterocycles. The molecule has 0 atom stereocenters. The predicted molar refractivity (Wildman–Crippen MR) is 86.0 cm³/mol. The van der Waals surface area contributed by atoms with Crippen molar-refractivity contribution in [2.24, 2.45) is 0 Å². The van der Waals surface area contributed by atoms with E-state index in [0.717, 1.165) is 30.6 Å². The summed E-state index contributed by atoms with van der Waals surface area (Å²) in [6.45, 7) is 0. The molecule has 5 nitrogen and oxygen atoms in total. The van der Waals surface area contributed by atoms with Gasteiger partial charge in [-0.25, -0.2) is 27.5 Å². The highest BCUT2D eigenvalue weighted by atomic mass is 19.2. The van der Waals surface area contributed by atoms with Crippen LogP contribution >= 0.6 is 0 Å². The van der Waals surface area contributed by atoms with E-state index in [9.17, 15) is 22.4 Å². The summed E-state index contributed by atoms with van der Waals surface area (Å²) in [5.74, 6) is -4.72. The zero-order valence-electron chi connectivity index (χ0n) is 12.9. The van der Waals surface area contributed by atoms with Crippen molar-refractivity contribution in [3.8, 4) is 0 Å². The molecule has 0 aliphatic rings. The molecule has 0 spiro atoms. The van der Waals surface area contributed by atoms with Gasteiger partial charge < -0.3 is 10.6 Å². The van der Waals surface area contributed by atoms with E-state index in [4.69, 9.17) is 0 Å². The van der Waals surface area contributed by atoms with E-state index in [1.807, 2.05) is 0 Å². The van der Waals surface area contributed by atoms with Gasteiger partial charge in [0.15, 0.2) is 23.3 Å². The van der Waals surface area contributed by atoms with Crippen LogP contribution < -0.4 is 10.6 Å². The molecule has 0 aliphatic carbocycles. The van der Waals surface area contributed by atoms with Crippen LogP contribution in [0.2, 0.25) is 0 Å². The SMILES string of the molecule is O=C(Nc1ccc(F)c(F)c1)c1cc(Nc2ccc(F)c(F)c2)ncn1. The molecule has 1 amide bonds. The highest BCUT2D eigenvalue weighted by Crippen LogP contribution is 2.18. The average Bonchev–Trinajstić information content (AvgIpc) is 2.61. The Bertz CT molecular complexity index is 981. The molecule has 3 aromatic rings. The molecule has 0 radical (unpaired) electrons. The summed E-state index contributed by atoms with van der Waals surface area (Å²) in [5, 5.41) is 5.06. The van der Waals surface area contributed by atoms with Crippen molar-refractivity contribution in [3.05, 3.63) is 77.8 Å². The lowest BCUT2D eigenvalue weighted by molar-refractivity contribution is 0.102. The number of benzene rings is 2. The summed E-state index contributed by atoms with van der Waals surface area (Å²) in [5.41, 5.74) is 0.187. The first-order valence-corrected chi connectivity index (χ1v) is 7.23. The van der Waals surface area contributed by atoms with Gasteiger partial charge in [0.2, 0.25) is 0 Å². The van der Waals surface area contributed by atoms with Crippen LogP contribution in [0.1, 0.15) is 10.5 Å². The molecular weight excluding hydrogens is 352 g/mol. The number of rotatable bonds is 4. The van der Waals surface area contributed by atoms with Gasteiger partial charge in [-0.05, 0) is 24.3 Å². The van der Waals surface area contributed by atoms with E-state index in [1.165, 1.54) is 18.2 Å². The normalized spacial score (nSPS) is 10.5. The van der Waals surface area contributed by atoms with Crippen LogP contribution in [0.4, 0.5) is 34.8 Å². The van der Waals surface area contributed by atoms with Gasteiger partial charge in [-0.3, -0.25) is 4.79 Å². The van der Waals surface area contributed by atoms with Crippen molar-refractivity contribution < 1.29 is 22.4 Å². The zero-order valence-corrected chi connectivity index (χ0v) is 12.9. The molecule has 0 bridgehead atoms. The maximum Gasteiger partial charge on any atom is 0.274 e. The molecule has 132 valence electrons. The highest BCUT2D eigenvalue weighted by molar-refractivity contribution is 6.03. The van der Waals surface area contributed by atoms with Crippen LogP contribution in [0, 0.1) is 23.3 Å². The van der Waals surface area contributed by atoms with Crippen molar-refractivity contribution in [3.63, 3.8) is 0 Å². The van der Waals surface area contributed by atoms with E-state index in [-0.39, 0.29) is 22.9 Å². The minimum atomic E-state index is -1.11. The van der Waals surface area contributed by atoms with Crippen molar-refractivity contribution in [2.45, 2.75) is 0 Å². The van der Waals surface area contributed by atoms with Gasteiger partial charge in [0.05, 0.1) is 0 Å². The molecule has 0 fully saturated rings. The Morgan fingerprint density at radius 1 is 0.769 bits per heavy atom. The largest absolute Gasteiger partial charge is 0.340 e. The monoisotopic (exact) mass is 362 g/mol. The summed E-state index contributed by atoms with van der Waals surface area (Å²) >= 11 is 0. The lowest BCUT2D eigenvalue weighted by Crippen LogP contribution is -2.14. The van der Waals surface area contributed by atoms with Crippen molar-refractivity contribution >= 4 is 23.1 Å². The molecule has 1 heterocycles.